The summed E-state index contributed by atoms with van der Waals surface area (Å²) in [5.41, 5.74) is 0.932. The molecular formula is C19H25NO4. The zero-order chi connectivity index (χ0) is 16.8. The predicted octanol–water partition coefficient (Wildman–Crippen LogP) is 2.75. The topological polar surface area (TPSA) is 60.3 Å². The molecule has 1 N–H and O–H groups in total. The van der Waals surface area contributed by atoms with Gasteiger partial charge in [-0.25, -0.2) is 4.99 Å². The molecule has 5 heteroatoms. The highest BCUT2D eigenvalue weighted by Gasteiger charge is 2.46. The van der Waals surface area contributed by atoms with E-state index >= 15 is 0 Å². The van der Waals surface area contributed by atoms with E-state index in [1.54, 1.807) is 0 Å². The lowest BCUT2D eigenvalue weighted by Crippen LogP contribution is -2.42. The summed E-state index contributed by atoms with van der Waals surface area (Å²) in [5.74, 6) is 0.235. The number of ether oxygens (including phenoxy) is 3. The first-order valence-corrected chi connectivity index (χ1v) is 8.74. The number of hydrogen-bond donors (Lipinski definition) is 1. The maximum atomic E-state index is 11.1. The molecule has 3 aliphatic rings. The smallest absolute Gasteiger partial charge is 0.216 e. The molecule has 130 valence electrons. The number of nitrogens with zero attached hydrogens (tertiary/aromatic N) is 1. The number of hydrogen-bond acceptors (Lipinski definition) is 5. The normalized spacial score (nSPS) is 27.0. The lowest BCUT2D eigenvalue weighted by molar-refractivity contribution is -0.204. The molecule has 24 heavy (non-hydrogen) atoms. The molecule has 2 aliphatic heterocycles. The van der Waals surface area contributed by atoms with Crippen LogP contribution in [0.4, 0.5) is 0 Å². The van der Waals surface area contributed by atoms with Gasteiger partial charge in [0.15, 0.2) is 5.79 Å². The molecule has 1 saturated heterocycles. The minimum atomic E-state index is -0.809. The largest absolute Gasteiger partial charge is 0.475 e. The summed E-state index contributed by atoms with van der Waals surface area (Å²) in [7, 11) is 0. The third kappa shape index (κ3) is 2.85. The standard InChI is InChI=1S/C19H25NO4/c1-17(2)13-22-16(20-17)14-3-5-15(6-4-14)18(21)7-9-19(10-8-18)23-11-12-24-19/h3-6,21H,7-13H2,1-2H3. The van der Waals surface area contributed by atoms with Gasteiger partial charge in [0.2, 0.25) is 5.90 Å². The molecule has 5 nitrogen and oxygen atoms in total. The number of aliphatic imine (C=N–C) groups is 1. The van der Waals surface area contributed by atoms with Gasteiger partial charge in [-0.15, -0.1) is 0 Å². The van der Waals surface area contributed by atoms with Crippen LogP contribution in [-0.4, -0.2) is 42.2 Å². The third-order valence-electron chi connectivity index (χ3n) is 5.29. The Labute approximate surface area is 142 Å². The minimum absolute atomic E-state index is 0.162. The molecule has 0 atom stereocenters. The fourth-order valence-electron chi connectivity index (χ4n) is 3.77. The highest BCUT2D eigenvalue weighted by molar-refractivity contribution is 5.95. The molecule has 4 rings (SSSR count). The van der Waals surface area contributed by atoms with Crippen LogP contribution in [0.3, 0.4) is 0 Å². The second-order valence-electron chi connectivity index (χ2n) is 7.73. The number of benzene rings is 1. The maximum absolute atomic E-state index is 11.1. The summed E-state index contributed by atoms with van der Waals surface area (Å²) < 4.78 is 17.2. The molecule has 0 amide bonds. The Morgan fingerprint density at radius 3 is 2.12 bits per heavy atom. The van der Waals surface area contributed by atoms with Crippen molar-refractivity contribution in [3.63, 3.8) is 0 Å². The van der Waals surface area contributed by atoms with Gasteiger partial charge >= 0.3 is 0 Å². The molecule has 0 unspecified atom stereocenters. The van der Waals surface area contributed by atoms with E-state index in [0.29, 0.717) is 38.6 Å². The first kappa shape index (κ1) is 16.1. The molecule has 1 spiro atoms. The van der Waals surface area contributed by atoms with Crippen LogP contribution < -0.4 is 0 Å². The number of rotatable bonds is 2. The summed E-state index contributed by atoms with van der Waals surface area (Å²) in [4.78, 5) is 4.60. The van der Waals surface area contributed by atoms with Crippen LogP contribution in [0.1, 0.15) is 50.7 Å². The van der Waals surface area contributed by atoms with E-state index in [1.165, 1.54) is 0 Å². The van der Waals surface area contributed by atoms with E-state index in [-0.39, 0.29) is 5.54 Å². The fourth-order valence-corrected chi connectivity index (χ4v) is 3.77. The van der Waals surface area contributed by atoms with E-state index in [2.05, 4.69) is 18.8 Å². The average molecular weight is 331 g/mol. The van der Waals surface area contributed by atoms with Crippen LogP contribution in [0, 0.1) is 0 Å². The SMILES string of the molecule is CC1(C)COC(c2ccc(C3(O)CCC4(CC3)OCCO4)cc2)=N1. The van der Waals surface area contributed by atoms with Crippen molar-refractivity contribution in [3.05, 3.63) is 35.4 Å². The monoisotopic (exact) mass is 331 g/mol. The van der Waals surface area contributed by atoms with Crippen LogP contribution in [0.25, 0.3) is 0 Å². The Hall–Kier alpha value is -1.43. The van der Waals surface area contributed by atoms with Gasteiger partial charge in [-0.05, 0) is 44.4 Å². The van der Waals surface area contributed by atoms with E-state index in [4.69, 9.17) is 14.2 Å². The second kappa shape index (κ2) is 5.55. The molecule has 1 aliphatic carbocycles. The Bertz CT molecular complexity index is 634. The van der Waals surface area contributed by atoms with Crippen molar-refractivity contribution in [1.29, 1.82) is 0 Å². The summed E-state index contributed by atoms with van der Waals surface area (Å²) >= 11 is 0. The van der Waals surface area contributed by atoms with Crippen molar-refractivity contribution >= 4 is 5.90 Å². The quantitative estimate of drug-likeness (QED) is 0.905. The van der Waals surface area contributed by atoms with Crippen molar-refractivity contribution in [3.8, 4) is 0 Å². The van der Waals surface area contributed by atoms with Crippen molar-refractivity contribution < 1.29 is 19.3 Å². The first-order valence-electron chi connectivity index (χ1n) is 8.74. The molecule has 1 saturated carbocycles. The maximum Gasteiger partial charge on any atom is 0.216 e. The molecule has 1 aromatic rings. The zero-order valence-electron chi connectivity index (χ0n) is 14.4. The van der Waals surface area contributed by atoms with Crippen molar-refractivity contribution in [2.75, 3.05) is 19.8 Å². The highest BCUT2D eigenvalue weighted by Crippen LogP contribution is 2.44. The lowest BCUT2D eigenvalue weighted by atomic mass is 9.77. The van der Waals surface area contributed by atoms with Gasteiger partial charge in [-0.1, -0.05) is 12.1 Å². The molecule has 0 radical (unpaired) electrons. The molecule has 2 fully saturated rings. The molecule has 0 aromatic heterocycles. The Morgan fingerprint density at radius 1 is 0.958 bits per heavy atom. The lowest BCUT2D eigenvalue weighted by Gasteiger charge is -2.40. The van der Waals surface area contributed by atoms with Crippen molar-refractivity contribution in [1.82, 2.24) is 0 Å². The van der Waals surface area contributed by atoms with Crippen LogP contribution >= 0.6 is 0 Å². The Balaban J connectivity index is 1.49. The van der Waals surface area contributed by atoms with Gasteiger partial charge in [-0.3, -0.25) is 0 Å². The molecular weight excluding hydrogens is 306 g/mol. The highest BCUT2D eigenvalue weighted by atomic mass is 16.7. The predicted molar refractivity (Wildman–Crippen MR) is 90.0 cm³/mol. The molecule has 1 aromatic carbocycles. The van der Waals surface area contributed by atoms with E-state index < -0.39 is 11.4 Å². The Morgan fingerprint density at radius 2 is 1.58 bits per heavy atom. The molecule has 0 bridgehead atoms. The molecule has 2 heterocycles. The van der Waals surface area contributed by atoms with Crippen molar-refractivity contribution in [2.45, 2.75) is 56.5 Å². The van der Waals surface area contributed by atoms with Gasteiger partial charge in [-0.2, -0.15) is 0 Å². The van der Waals surface area contributed by atoms with Gasteiger partial charge in [0.1, 0.15) is 6.61 Å². The minimum Gasteiger partial charge on any atom is -0.475 e. The van der Waals surface area contributed by atoms with Gasteiger partial charge in [0.05, 0.1) is 24.4 Å². The first-order chi connectivity index (χ1) is 11.4. The van der Waals surface area contributed by atoms with E-state index in [9.17, 15) is 5.11 Å². The third-order valence-corrected chi connectivity index (χ3v) is 5.29. The zero-order valence-corrected chi connectivity index (χ0v) is 14.4. The van der Waals surface area contributed by atoms with E-state index in [0.717, 1.165) is 24.0 Å². The van der Waals surface area contributed by atoms with Crippen LogP contribution in [0.5, 0.6) is 0 Å². The summed E-state index contributed by atoms with van der Waals surface area (Å²) in [5, 5.41) is 11.1. The van der Waals surface area contributed by atoms with Crippen LogP contribution in [-0.2, 0) is 19.8 Å². The van der Waals surface area contributed by atoms with E-state index in [1.807, 2.05) is 24.3 Å². The van der Waals surface area contributed by atoms with Gasteiger partial charge < -0.3 is 19.3 Å². The number of aliphatic hydroxyl groups is 1. The second-order valence-corrected chi connectivity index (χ2v) is 7.73. The average Bonchev–Trinajstić information content (AvgIpc) is 3.18. The summed E-state index contributed by atoms with van der Waals surface area (Å²) in [6.45, 7) is 6.04. The van der Waals surface area contributed by atoms with Gasteiger partial charge in [0.25, 0.3) is 0 Å². The summed E-state index contributed by atoms with van der Waals surface area (Å²) in [6, 6.07) is 7.95. The van der Waals surface area contributed by atoms with Crippen LogP contribution in [0.15, 0.2) is 29.3 Å². The van der Waals surface area contributed by atoms with Crippen LogP contribution in [0.2, 0.25) is 0 Å². The fraction of sp³-hybridized carbons (Fsp3) is 0.632. The van der Waals surface area contributed by atoms with Crippen molar-refractivity contribution in [2.24, 2.45) is 4.99 Å². The summed E-state index contributed by atoms with van der Waals surface area (Å²) in [6.07, 6.45) is 2.76. The Kier molecular flexibility index (Phi) is 3.71. The van der Waals surface area contributed by atoms with Gasteiger partial charge in [0, 0.05) is 18.4 Å².